The van der Waals surface area contributed by atoms with Crippen molar-refractivity contribution in [1.29, 1.82) is 0 Å². The molecule has 1 fully saturated rings. The number of ether oxygens (including phenoxy) is 2. The highest BCUT2D eigenvalue weighted by molar-refractivity contribution is 6.33. The zero-order valence-corrected chi connectivity index (χ0v) is 21.0. The van der Waals surface area contributed by atoms with Gasteiger partial charge in [-0.25, -0.2) is 9.97 Å². The maximum absolute atomic E-state index is 13.2. The highest BCUT2D eigenvalue weighted by Gasteiger charge is 2.34. The largest absolute Gasteiger partial charge is 0.495 e. The lowest BCUT2D eigenvalue weighted by molar-refractivity contribution is -0.143. The summed E-state index contributed by atoms with van der Waals surface area (Å²) < 4.78 is 50.1. The van der Waals surface area contributed by atoms with Gasteiger partial charge in [-0.05, 0) is 43.7 Å². The first-order chi connectivity index (χ1) is 17.5. The molecule has 13 heteroatoms. The number of carboxylic acid groups (broad SMARTS) is 1. The van der Waals surface area contributed by atoms with Crippen molar-refractivity contribution in [3.8, 4) is 5.75 Å². The smallest absolute Gasteiger partial charge is 0.433 e. The van der Waals surface area contributed by atoms with Gasteiger partial charge in [-0.2, -0.15) is 13.2 Å². The van der Waals surface area contributed by atoms with E-state index in [0.29, 0.717) is 32.2 Å². The average Bonchev–Trinajstić information content (AvgIpc) is 2.87. The van der Waals surface area contributed by atoms with Crippen molar-refractivity contribution in [2.45, 2.75) is 37.9 Å². The summed E-state index contributed by atoms with van der Waals surface area (Å²) in [4.78, 5) is 31.3. The Balaban J connectivity index is 1.70. The van der Waals surface area contributed by atoms with Crippen molar-refractivity contribution in [1.82, 2.24) is 15.3 Å². The number of aliphatic carboxylic acids is 1. The van der Waals surface area contributed by atoms with Crippen LogP contribution in [0.2, 0.25) is 5.02 Å². The second-order valence-corrected chi connectivity index (χ2v) is 9.19. The number of alkyl halides is 3. The molecular formula is C24H28ClF3N4O5. The number of carboxylic acids is 1. The molecule has 1 atom stereocenters. The molecule has 3 rings (SSSR count). The van der Waals surface area contributed by atoms with Crippen molar-refractivity contribution in [2.24, 2.45) is 11.8 Å². The van der Waals surface area contributed by atoms with Gasteiger partial charge in [0.05, 0.1) is 42.5 Å². The third kappa shape index (κ3) is 7.45. The molecule has 0 spiro atoms. The fraction of sp³-hybridized carbons (Fsp3) is 0.500. The summed E-state index contributed by atoms with van der Waals surface area (Å²) in [6, 6.07) is 1.45. The highest BCUT2D eigenvalue weighted by atomic mass is 35.5. The molecule has 1 unspecified atom stereocenters. The molecule has 0 aromatic carbocycles. The maximum atomic E-state index is 13.2. The molecule has 0 saturated heterocycles. The number of amides is 1. The molecule has 2 heterocycles. The van der Waals surface area contributed by atoms with Crippen LogP contribution in [-0.2, 0) is 15.7 Å². The Labute approximate surface area is 216 Å². The van der Waals surface area contributed by atoms with Crippen LogP contribution in [0.25, 0.3) is 0 Å². The van der Waals surface area contributed by atoms with Crippen LogP contribution in [0.4, 0.5) is 19.0 Å². The minimum Gasteiger partial charge on any atom is -0.495 e. The van der Waals surface area contributed by atoms with E-state index in [1.165, 1.54) is 26.5 Å². The van der Waals surface area contributed by atoms with Gasteiger partial charge in [-0.15, -0.1) is 0 Å². The fourth-order valence-corrected chi connectivity index (χ4v) is 4.44. The normalized spacial score (nSPS) is 18.6. The molecule has 1 aliphatic carbocycles. The highest BCUT2D eigenvalue weighted by Crippen LogP contribution is 2.35. The molecule has 1 aliphatic rings. The molecule has 0 radical (unpaired) electrons. The van der Waals surface area contributed by atoms with E-state index in [-0.39, 0.29) is 52.1 Å². The minimum atomic E-state index is -4.65. The van der Waals surface area contributed by atoms with Crippen LogP contribution >= 0.6 is 11.6 Å². The maximum Gasteiger partial charge on any atom is 0.433 e. The Hall–Kier alpha value is -3.12. The number of rotatable bonds is 10. The molecule has 3 N–H and O–H groups in total. The Bertz CT molecular complexity index is 1110. The molecule has 37 heavy (non-hydrogen) atoms. The van der Waals surface area contributed by atoms with Crippen molar-refractivity contribution in [2.75, 3.05) is 32.7 Å². The zero-order valence-electron chi connectivity index (χ0n) is 20.3. The Morgan fingerprint density at radius 1 is 1.16 bits per heavy atom. The summed E-state index contributed by atoms with van der Waals surface area (Å²) in [6.45, 7) is 0.365. The molecule has 0 aliphatic heterocycles. The molecule has 2 aromatic heterocycles. The standard InChI is InChI=1S/C24H28ClF3N4O5/c1-36-12-18(16-8-20(24(26,27)28)29-11-19(16)37-2)32-21-17(25)7-15(10-30-21)22(33)31-9-13-3-5-14(6-4-13)23(34)35/h7-8,10-11,13-14,18H,3-6,9,12H2,1-2H3,(H,30,32)(H,31,33)(H,34,35). The van der Waals surface area contributed by atoms with Gasteiger partial charge in [-0.3, -0.25) is 9.59 Å². The van der Waals surface area contributed by atoms with Crippen LogP contribution in [0.3, 0.4) is 0 Å². The number of halogens is 4. The van der Waals surface area contributed by atoms with E-state index in [1.807, 2.05) is 0 Å². The lowest BCUT2D eigenvalue weighted by Gasteiger charge is -2.26. The van der Waals surface area contributed by atoms with Gasteiger partial charge in [-0.1, -0.05) is 11.6 Å². The third-order valence-corrected chi connectivity index (χ3v) is 6.57. The van der Waals surface area contributed by atoms with Crippen LogP contribution in [-0.4, -0.2) is 54.3 Å². The van der Waals surface area contributed by atoms with Gasteiger partial charge in [0.1, 0.15) is 17.3 Å². The van der Waals surface area contributed by atoms with E-state index in [4.69, 9.17) is 26.2 Å². The summed E-state index contributed by atoms with van der Waals surface area (Å²) in [5, 5.41) is 15.0. The lowest BCUT2D eigenvalue weighted by Crippen LogP contribution is -2.32. The monoisotopic (exact) mass is 544 g/mol. The van der Waals surface area contributed by atoms with Gasteiger partial charge in [0.25, 0.3) is 5.91 Å². The summed E-state index contributed by atoms with van der Waals surface area (Å²) in [6.07, 6.45) is 0.235. The number of hydrogen-bond donors (Lipinski definition) is 3. The van der Waals surface area contributed by atoms with Gasteiger partial charge in [0, 0.05) is 25.4 Å². The summed E-state index contributed by atoms with van der Waals surface area (Å²) >= 11 is 6.35. The number of methoxy groups -OCH3 is 2. The first-order valence-corrected chi connectivity index (χ1v) is 11.9. The van der Waals surface area contributed by atoms with Crippen molar-refractivity contribution >= 4 is 29.3 Å². The number of aromatic nitrogens is 2. The predicted octanol–water partition coefficient (Wildman–Crippen LogP) is 4.58. The fourth-order valence-electron chi connectivity index (χ4n) is 4.22. The first-order valence-electron chi connectivity index (χ1n) is 11.6. The lowest BCUT2D eigenvalue weighted by atomic mass is 9.82. The second kappa shape index (κ2) is 12.4. The second-order valence-electron chi connectivity index (χ2n) is 8.78. The van der Waals surface area contributed by atoms with Crippen LogP contribution < -0.4 is 15.4 Å². The van der Waals surface area contributed by atoms with E-state index in [0.717, 1.165) is 12.3 Å². The Kier molecular flexibility index (Phi) is 9.55. The van der Waals surface area contributed by atoms with Gasteiger partial charge in [0.2, 0.25) is 0 Å². The number of carbonyl (C=O) groups excluding carboxylic acids is 1. The van der Waals surface area contributed by atoms with Gasteiger partial charge in [0.15, 0.2) is 0 Å². The van der Waals surface area contributed by atoms with Crippen LogP contribution in [0.5, 0.6) is 5.75 Å². The van der Waals surface area contributed by atoms with E-state index in [1.54, 1.807) is 0 Å². The molecule has 2 aromatic rings. The first kappa shape index (κ1) is 28.5. The number of carbonyl (C=O) groups is 2. The topological polar surface area (TPSA) is 123 Å². The van der Waals surface area contributed by atoms with Crippen molar-refractivity contribution < 1.29 is 37.3 Å². The summed E-state index contributed by atoms with van der Waals surface area (Å²) in [7, 11) is 2.71. The number of anilines is 1. The van der Waals surface area contributed by atoms with Crippen LogP contribution in [0.15, 0.2) is 24.5 Å². The van der Waals surface area contributed by atoms with E-state index < -0.39 is 23.9 Å². The quantitative estimate of drug-likeness (QED) is 0.397. The van der Waals surface area contributed by atoms with Crippen LogP contribution in [0, 0.1) is 11.8 Å². The molecule has 1 amide bonds. The molecule has 9 nitrogen and oxygen atoms in total. The van der Waals surface area contributed by atoms with Crippen LogP contribution in [0.1, 0.15) is 53.3 Å². The van der Waals surface area contributed by atoms with Gasteiger partial charge >= 0.3 is 12.1 Å². The summed E-state index contributed by atoms with van der Waals surface area (Å²) in [5.74, 6) is -1.06. The third-order valence-electron chi connectivity index (χ3n) is 6.28. The molecule has 0 bridgehead atoms. The molecule has 1 saturated carbocycles. The zero-order chi connectivity index (χ0) is 27.2. The SMILES string of the molecule is COCC(Nc1ncc(C(=O)NCC2CCC(C(=O)O)CC2)cc1Cl)c1cc(C(F)(F)F)ncc1OC. The Morgan fingerprint density at radius 2 is 1.86 bits per heavy atom. The number of hydrogen-bond acceptors (Lipinski definition) is 7. The average molecular weight is 545 g/mol. The molecular weight excluding hydrogens is 517 g/mol. The number of nitrogens with one attached hydrogen (secondary N) is 2. The van der Waals surface area contributed by atoms with E-state index in [2.05, 4.69) is 20.6 Å². The summed E-state index contributed by atoms with van der Waals surface area (Å²) in [5.41, 5.74) is -0.739. The molecule has 202 valence electrons. The van der Waals surface area contributed by atoms with Gasteiger partial charge < -0.3 is 25.2 Å². The van der Waals surface area contributed by atoms with E-state index >= 15 is 0 Å². The minimum absolute atomic E-state index is 0.0396. The van der Waals surface area contributed by atoms with Crippen molar-refractivity contribution in [3.05, 3.63) is 46.4 Å². The number of pyridine rings is 2. The Morgan fingerprint density at radius 3 is 2.43 bits per heavy atom. The van der Waals surface area contributed by atoms with E-state index in [9.17, 15) is 22.8 Å². The number of nitrogens with zero attached hydrogens (tertiary/aromatic N) is 2. The van der Waals surface area contributed by atoms with Crippen molar-refractivity contribution in [3.63, 3.8) is 0 Å². The predicted molar refractivity (Wildman–Crippen MR) is 129 cm³/mol.